The summed E-state index contributed by atoms with van der Waals surface area (Å²) in [6.07, 6.45) is 3.22. The van der Waals surface area contributed by atoms with Gasteiger partial charge in [0.2, 0.25) is 23.6 Å². The Kier molecular flexibility index (Phi) is 15.3. The van der Waals surface area contributed by atoms with Gasteiger partial charge >= 0.3 is 5.97 Å². The number of carboxylic acid groups (broad SMARTS) is 1. The first-order chi connectivity index (χ1) is 20.5. The number of benzene rings is 2. The molecule has 11 heteroatoms. The number of rotatable bonds is 18. The van der Waals surface area contributed by atoms with Gasteiger partial charge in [0, 0.05) is 23.9 Å². The summed E-state index contributed by atoms with van der Waals surface area (Å²) in [6, 6.07) is 15.7. The van der Waals surface area contributed by atoms with Crippen LogP contribution in [0.15, 0.2) is 54.6 Å². The van der Waals surface area contributed by atoms with Gasteiger partial charge in [-0.3, -0.25) is 24.0 Å². The smallest absolute Gasteiger partial charge is 0.305 e. The van der Waals surface area contributed by atoms with E-state index >= 15 is 0 Å². The minimum absolute atomic E-state index is 0.00116. The second-order valence-electron chi connectivity index (χ2n) is 10.6. The van der Waals surface area contributed by atoms with Crippen LogP contribution >= 0.6 is 11.8 Å². The van der Waals surface area contributed by atoms with Crippen molar-refractivity contribution in [3.63, 3.8) is 0 Å². The highest BCUT2D eigenvalue weighted by Crippen LogP contribution is 2.24. The number of unbranched alkanes of at least 4 members (excludes halogenated alkanes) is 1. The first kappa shape index (κ1) is 35.3. The standard InChI is InChI=1S/C32H44N4O6S/c1-5-6-11-21(2)43-27(20-29(38)39)32(42)33-17-16-28(37)34-22(3)30(40)35-23(4)31(41)36-26-15-10-14-25(19-26)18-24-12-8-7-9-13-24/h7-10,12-15,19,21-23,27H,5-6,11,16-18,20H2,1-4H3,(H,33,42)(H,34,37)(H,35,40)(H,36,41)(H,38,39)/t21?,22-,23-,27?/m0/s1. The number of hydrogen-bond donors (Lipinski definition) is 5. The molecule has 0 aliphatic heterocycles. The third-order valence-corrected chi connectivity index (χ3v) is 8.04. The van der Waals surface area contributed by atoms with E-state index < -0.39 is 46.9 Å². The van der Waals surface area contributed by atoms with Crippen LogP contribution in [-0.2, 0) is 30.4 Å². The average molecular weight is 613 g/mol. The molecule has 2 rings (SSSR count). The van der Waals surface area contributed by atoms with Crippen LogP contribution in [0.4, 0.5) is 5.69 Å². The number of anilines is 1. The molecule has 2 unspecified atom stereocenters. The van der Waals surface area contributed by atoms with E-state index in [1.165, 1.54) is 18.7 Å². The Bertz CT molecular complexity index is 1230. The summed E-state index contributed by atoms with van der Waals surface area (Å²) < 4.78 is 0. The summed E-state index contributed by atoms with van der Waals surface area (Å²) in [5.41, 5.74) is 2.80. The van der Waals surface area contributed by atoms with Crippen molar-refractivity contribution in [3.8, 4) is 0 Å². The molecular formula is C32H44N4O6S. The monoisotopic (exact) mass is 612 g/mol. The maximum atomic E-state index is 12.7. The Labute approximate surface area is 258 Å². The normalized spacial score (nSPS) is 13.6. The van der Waals surface area contributed by atoms with Crippen LogP contribution in [0, 0.1) is 0 Å². The minimum Gasteiger partial charge on any atom is -0.481 e. The molecule has 0 aliphatic rings. The van der Waals surface area contributed by atoms with E-state index in [0.29, 0.717) is 5.69 Å². The van der Waals surface area contributed by atoms with Gasteiger partial charge in [-0.05, 0) is 49.9 Å². The van der Waals surface area contributed by atoms with Crippen molar-refractivity contribution in [2.24, 2.45) is 0 Å². The second kappa shape index (κ2) is 18.6. The zero-order valence-corrected chi connectivity index (χ0v) is 26.2. The summed E-state index contributed by atoms with van der Waals surface area (Å²) in [5, 5.41) is 19.2. The molecule has 43 heavy (non-hydrogen) atoms. The Morgan fingerprint density at radius 2 is 1.51 bits per heavy atom. The fourth-order valence-corrected chi connectivity index (χ4v) is 5.55. The van der Waals surface area contributed by atoms with Gasteiger partial charge in [0.1, 0.15) is 12.1 Å². The zero-order chi connectivity index (χ0) is 31.8. The molecule has 0 spiro atoms. The molecule has 4 atom stereocenters. The molecule has 10 nitrogen and oxygen atoms in total. The fraction of sp³-hybridized carbons (Fsp3) is 0.469. The molecule has 234 valence electrons. The van der Waals surface area contributed by atoms with Crippen LogP contribution in [-0.4, -0.2) is 63.8 Å². The van der Waals surface area contributed by atoms with Crippen molar-refractivity contribution in [2.45, 2.75) is 88.8 Å². The largest absolute Gasteiger partial charge is 0.481 e. The number of hydrogen-bond acceptors (Lipinski definition) is 6. The Morgan fingerprint density at radius 3 is 2.19 bits per heavy atom. The quantitative estimate of drug-likeness (QED) is 0.171. The summed E-state index contributed by atoms with van der Waals surface area (Å²) >= 11 is 1.32. The minimum atomic E-state index is -1.06. The van der Waals surface area contributed by atoms with E-state index in [9.17, 15) is 29.1 Å². The molecule has 0 aromatic heterocycles. The molecule has 0 saturated carbocycles. The number of carbonyl (C=O) groups excluding carboxylic acids is 4. The topological polar surface area (TPSA) is 154 Å². The molecule has 0 heterocycles. The molecule has 0 fully saturated rings. The molecule has 2 aromatic carbocycles. The predicted octanol–water partition coefficient (Wildman–Crippen LogP) is 3.89. The van der Waals surface area contributed by atoms with Crippen molar-refractivity contribution in [1.82, 2.24) is 16.0 Å². The van der Waals surface area contributed by atoms with Gasteiger partial charge in [0.05, 0.1) is 11.7 Å². The Hall–Kier alpha value is -3.86. The zero-order valence-electron chi connectivity index (χ0n) is 25.4. The second-order valence-corrected chi connectivity index (χ2v) is 12.2. The molecule has 0 saturated heterocycles. The van der Waals surface area contributed by atoms with Gasteiger partial charge in [0.25, 0.3) is 0 Å². The Balaban J connectivity index is 1.77. The van der Waals surface area contributed by atoms with E-state index in [-0.39, 0.29) is 24.6 Å². The number of carbonyl (C=O) groups is 5. The van der Waals surface area contributed by atoms with E-state index in [1.54, 1.807) is 13.0 Å². The lowest BCUT2D eigenvalue weighted by Gasteiger charge is -2.20. The van der Waals surface area contributed by atoms with Crippen LogP contribution in [0.5, 0.6) is 0 Å². The molecule has 0 radical (unpaired) electrons. The number of amides is 4. The van der Waals surface area contributed by atoms with E-state index in [1.807, 2.05) is 55.5 Å². The number of nitrogens with one attached hydrogen (secondary N) is 4. The van der Waals surface area contributed by atoms with Gasteiger partial charge in [-0.1, -0.05) is 69.2 Å². The van der Waals surface area contributed by atoms with Gasteiger partial charge in [-0.15, -0.1) is 11.8 Å². The van der Waals surface area contributed by atoms with Crippen LogP contribution in [0.25, 0.3) is 0 Å². The molecule has 2 aromatic rings. The fourth-order valence-electron chi connectivity index (χ4n) is 4.24. The predicted molar refractivity (Wildman–Crippen MR) is 170 cm³/mol. The third-order valence-electron chi connectivity index (χ3n) is 6.63. The van der Waals surface area contributed by atoms with Gasteiger partial charge in [-0.2, -0.15) is 0 Å². The lowest BCUT2D eigenvalue weighted by molar-refractivity contribution is -0.138. The highest BCUT2D eigenvalue weighted by molar-refractivity contribution is 8.01. The summed E-state index contributed by atoms with van der Waals surface area (Å²) in [7, 11) is 0. The van der Waals surface area contributed by atoms with Crippen molar-refractivity contribution >= 4 is 47.0 Å². The van der Waals surface area contributed by atoms with Crippen LogP contribution < -0.4 is 21.3 Å². The highest BCUT2D eigenvalue weighted by Gasteiger charge is 2.25. The molecular weight excluding hydrogens is 568 g/mol. The van der Waals surface area contributed by atoms with Crippen molar-refractivity contribution in [1.29, 1.82) is 0 Å². The van der Waals surface area contributed by atoms with Gasteiger partial charge < -0.3 is 26.4 Å². The number of carboxylic acids is 1. The molecule has 4 amide bonds. The Morgan fingerprint density at radius 1 is 0.837 bits per heavy atom. The lowest BCUT2D eigenvalue weighted by atomic mass is 10.0. The van der Waals surface area contributed by atoms with Gasteiger partial charge in [-0.25, -0.2) is 0 Å². The maximum absolute atomic E-state index is 12.7. The summed E-state index contributed by atoms with van der Waals surface area (Å²) in [6.45, 7) is 7.10. The highest BCUT2D eigenvalue weighted by atomic mass is 32.2. The maximum Gasteiger partial charge on any atom is 0.305 e. The van der Waals surface area contributed by atoms with Crippen molar-refractivity contribution in [3.05, 3.63) is 65.7 Å². The average Bonchev–Trinajstić information content (AvgIpc) is 2.96. The summed E-state index contributed by atoms with van der Waals surface area (Å²) in [4.78, 5) is 61.6. The lowest BCUT2D eigenvalue weighted by Crippen LogP contribution is -2.50. The van der Waals surface area contributed by atoms with Crippen molar-refractivity contribution in [2.75, 3.05) is 11.9 Å². The third kappa shape index (κ3) is 13.8. The van der Waals surface area contributed by atoms with E-state index in [4.69, 9.17) is 0 Å². The van der Waals surface area contributed by atoms with Crippen LogP contribution in [0.2, 0.25) is 0 Å². The van der Waals surface area contributed by atoms with Crippen molar-refractivity contribution < 1.29 is 29.1 Å². The number of thioether (sulfide) groups is 1. The first-order valence-corrected chi connectivity index (χ1v) is 15.6. The van der Waals surface area contributed by atoms with E-state index in [2.05, 4.69) is 28.2 Å². The molecule has 0 aliphatic carbocycles. The molecule has 0 bridgehead atoms. The van der Waals surface area contributed by atoms with Crippen LogP contribution in [0.3, 0.4) is 0 Å². The van der Waals surface area contributed by atoms with E-state index in [0.717, 1.165) is 36.8 Å². The summed E-state index contributed by atoms with van der Waals surface area (Å²) in [5.74, 6) is -2.89. The number of aliphatic carboxylic acids is 1. The SMILES string of the molecule is CCCCC(C)SC(CC(=O)O)C(=O)NCCC(=O)N[C@@H](C)C(=O)N[C@@H](C)C(=O)Nc1cccc(Cc2ccccc2)c1. The van der Waals surface area contributed by atoms with Crippen LogP contribution in [0.1, 0.15) is 70.9 Å². The van der Waals surface area contributed by atoms with Gasteiger partial charge in [0.15, 0.2) is 0 Å². The first-order valence-electron chi connectivity index (χ1n) is 14.7. The molecule has 5 N–H and O–H groups in total.